The SMILES string of the molecule is Cc1cc(C)cc(N(C)c2ccc(C(=O)NCCCCCCC(=O)NO)c(F)c2)c1. The molecule has 2 aromatic rings. The summed E-state index contributed by atoms with van der Waals surface area (Å²) < 4.78 is 14.6. The predicted octanol–water partition coefficient (Wildman–Crippen LogP) is 4.40. The monoisotopic (exact) mass is 415 g/mol. The van der Waals surface area contributed by atoms with Crippen molar-refractivity contribution in [3.8, 4) is 0 Å². The number of anilines is 2. The Hall–Kier alpha value is -2.93. The Bertz CT molecular complexity index is 866. The molecule has 0 bridgehead atoms. The summed E-state index contributed by atoms with van der Waals surface area (Å²) >= 11 is 0. The minimum absolute atomic E-state index is 0.0205. The molecule has 0 fully saturated rings. The van der Waals surface area contributed by atoms with Gasteiger partial charge >= 0.3 is 0 Å². The third kappa shape index (κ3) is 6.84. The second-order valence-corrected chi connectivity index (χ2v) is 7.52. The summed E-state index contributed by atoms with van der Waals surface area (Å²) in [5.41, 5.74) is 5.50. The average Bonchev–Trinajstić information content (AvgIpc) is 2.71. The normalized spacial score (nSPS) is 10.6. The van der Waals surface area contributed by atoms with Gasteiger partial charge in [0, 0.05) is 31.4 Å². The molecule has 162 valence electrons. The number of hydrogen-bond donors (Lipinski definition) is 3. The molecule has 2 amide bonds. The number of benzene rings is 2. The molecule has 0 aromatic heterocycles. The molecule has 0 heterocycles. The van der Waals surface area contributed by atoms with Crippen molar-refractivity contribution in [2.75, 3.05) is 18.5 Å². The number of carbonyl (C=O) groups is 2. The molecule has 0 radical (unpaired) electrons. The standard InChI is InChI=1S/C23H30FN3O3/c1-16-12-17(2)14-19(13-16)27(3)18-9-10-20(21(24)15-18)23(29)25-11-7-5-4-6-8-22(28)26-30/h9-10,12-15,30H,4-8,11H2,1-3H3,(H,25,29)(H,26,28). The minimum atomic E-state index is -0.559. The Morgan fingerprint density at radius 1 is 0.967 bits per heavy atom. The number of nitrogens with one attached hydrogen (secondary N) is 2. The van der Waals surface area contributed by atoms with E-state index in [4.69, 9.17) is 5.21 Å². The van der Waals surface area contributed by atoms with Crippen molar-refractivity contribution in [2.24, 2.45) is 0 Å². The largest absolute Gasteiger partial charge is 0.352 e. The fourth-order valence-electron chi connectivity index (χ4n) is 3.31. The average molecular weight is 416 g/mol. The molecule has 0 aliphatic heterocycles. The van der Waals surface area contributed by atoms with Crippen LogP contribution in [-0.2, 0) is 4.79 Å². The summed E-state index contributed by atoms with van der Waals surface area (Å²) in [5, 5.41) is 11.1. The van der Waals surface area contributed by atoms with Crippen LogP contribution in [0.1, 0.15) is 53.6 Å². The Morgan fingerprint density at radius 2 is 1.63 bits per heavy atom. The maximum atomic E-state index is 14.6. The quantitative estimate of drug-likeness (QED) is 0.305. The number of rotatable bonds is 10. The van der Waals surface area contributed by atoms with Crippen LogP contribution in [0.25, 0.3) is 0 Å². The van der Waals surface area contributed by atoms with Crippen molar-refractivity contribution in [1.29, 1.82) is 0 Å². The van der Waals surface area contributed by atoms with Crippen LogP contribution >= 0.6 is 0 Å². The van der Waals surface area contributed by atoms with E-state index in [9.17, 15) is 14.0 Å². The maximum absolute atomic E-state index is 14.6. The van der Waals surface area contributed by atoms with Crippen LogP contribution < -0.4 is 15.7 Å². The van der Waals surface area contributed by atoms with E-state index < -0.39 is 17.6 Å². The number of unbranched alkanes of at least 4 members (excludes halogenated alkanes) is 3. The maximum Gasteiger partial charge on any atom is 0.254 e. The molecular weight excluding hydrogens is 385 g/mol. The highest BCUT2D eigenvalue weighted by Gasteiger charge is 2.14. The molecule has 7 heteroatoms. The number of carbonyl (C=O) groups excluding carboxylic acids is 2. The third-order valence-corrected chi connectivity index (χ3v) is 4.92. The van der Waals surface area contributed by atoms with Gasteiger partial charge in [-0.1, -0.05) is 18.9 Å². The van der Waals surface area contributed by atoms with Crippen molar-refractivity contribution >= 4 is 23.2 Å². The molecule has 3 N–H and O–H groups in total. The third-order valence-electron chi connectivity index (χ3n) is 4.92. The summed E-state index contributed by atoms with van der Waals surface area (Å²) in [6.07, 6.45) is 3.33. The van der Waals surface area contributed by atoms with Crippen molar-refractivity contribution in [2.45, 2.75) is 46.0 Å². The van der Waals surface area contributed by atoms with E-state index in [0.29, 0.717) is 18.7 Å². The van der Waals surface area contributed by atoms with E-state index in [1.165, 1.54) is 12.1 Å². The second kappa shape index (κ2) is 11.3. The van der Waals surface area contributed by atoms with E-state index in [0.717, 1.165) is 36.1 Å². The minimum Gasteiger partial charge on any atom is -0.352 e. The van der Waals surface area contributed by atoms with Crippen LogP contribution in [0.5, 0.6) is 0 Å². The molecule has 30 heavy (non-hydrogen) atoms. The van der Waals surface area contributed by atoms with Crippen LogP contribution in [0.3, 0.4) is 0 Å². The molecule has 0 saturated carbocycles. The number of halogens is 1. The van der Waals surface area contributed by atoms with Crippen molar-refractivity contribution in [3.05, 3.63) is 58.9 Å². The molecule has 6 nitrogen and oxygen atoms in total. The molecule has 0 atom stereocenters. The lowest BCUT2D eigenvalue weighted by Gasteiger charge is -2.21. The van der Waals surface area contributed by atoms with Gasteiger partial charge in [-0.3, -0.25) is 14.8 Å². The Labute approximate surface area is 177 Å². The zero-order valence-electron chi connectivity index (χ0n) is 17.8. The van der Waals surface area contributed by atoms with Gasteiger partial charge in [-0.15, -0.1) is 0 Å². The highest BCUT2D eigenvalue weighted by Crippen LogP contribution is 2.27. The molecule has 0 spiro atoms. The molecule has 2 aromatic carbocycles. The first-order valence-electron chi connectivity index (χ1n) is 10.1. The van der Waals surface area contributed by atoms with Crippen molar-refractivity contribution < 1.29 is 19.2 Å². The highest BCUT2D eigenvalue weighted by molar-refractivity contribution is 5.95. The zero-order chi connectivity index (χ0) is 22.1. The van der Waals surface area contributed by atoms with Gasteiger partial charge in [-0.2, -0.15) is 0 Å². The van der Waals surface area contributed by atoms with Gasteiger partial charge in [0.05, 0.1) is 5.56 Å². The fourth-order valence-corrected chi connectivity index (χ4v) is 3.31. The lowest BCUT2D eigenvalue weighted by Crippen LogP contribution is -2.25. The van der Waals surface area contributed by atoms with Crippen LogP contribution in [0.4, 0.5) is 15.8 Å². The number of amides is 2. The van der Waals surface area contributed by atoms with Gasteiger partial charge in [0.25, 0.3) is 5.91 Å². The molecular formula is C23H30FN3O3. The lowest BCUT2D eigenvalue weighted by atomic mass is 10.1. The smallest absolute Gasteiger partial charge is 0.254 e. The van der Waals surface area contributed by atoms with E-state index in [1.54, 1.807) is 11.5 Å². The van der Waals surface area contributed by atoms with Gasteiger partial charge < -0.3 is 10.2 Å². The summed E-state index contributed by atoms with van der Waals surface area (Å²) in [7, 11) is 1.87. The van der Waals surface area contributed by atoms with Gasteiger partial charge in [-0.25, -0.2) is 9.87 Å². The first-order valence-corrected chi connectivity index (χ1v) is 10.1. The summed E-state index contributed by atoms with van der Waals surface area (Å²) in [4.78, 5) is 25.1. The van der Waals surface area contributed by atoms with E-state index in [2.05, 4.69) is 11.4 Å². The number of hydrogen-bond acceptors (Lipinski definition) is 4. The van der Waals surface area contributed by atoms with Crippen LogP contribution in [0.15, 0.2) is 36.4 Å². The van der Waals surface area contributed by atoms with Gasteiger partial charge in [0.1, 0.15) is 5.82 Å². The fraction of sp³-hybridized carbons (Fsp3) is 0.391. The molecule has 0 unspecified atom stereocenters. The number of aryl methyl sites for hydroxylation is 2. The van der Waals surface area contributed by atoms with E-state index in [1.807, 2.05) is 37.9 Å². The van der Waals surface area contributed by atoms with Crippen LogP contribution in [-0.4, -0.2) is 30.6 Å². The Morgan fingerprint density at radius 3 is 2.27 bits per heavy atom. The first-order chi connectivity index (χ1) is 14.3. The molecule has 0 aliphatic rings. The Kier molecular flexibility index (Phi) is 8.80. The van der Waals surface area contributed by atoms with Crippen molar-refractivity contribution in [1.82, 2.24) is 10.8 Å². The van der Waals surface area contributed by atoms with Gasteiger partial charge in [-0.05, 0) is 68.1 Å². The predicted molar refractivity (Wildman–Crippen MR) is 116 cm³/mol. The molecule has 2 rings (SSSR count). The molecule has 0 saturated heterocycles. The summed E-state index contributed by atoms with van der Waals surface area (Å²) in [6, 6.07) is 10.8. The van der Waals surface area contributed by atoms with Crippen LogP contribution in [0.2, 0.25) is 0 Å². The first kappa shape index (κ1) is 23.3. The summed E-state index contributed by atoms with van der Waals surface area (Å²) in [5.74, 6) is -1.39. The topological polar surface area (TPSA) is 81.7 Å². The highest BCUT2D eigenvalue weighted by atomic mass is 19.1. The van der Waals surface area contributed by atoms with Gasteiger partial charge in [0.2, 0.25) is 5.91 Å². The van der Waals surface area contributed by atoms with Crippen LogP contribution in [0, 0.1) is 19.7 Å². The van der Waals surface area contributed by atoms with Gasteiger partial charge in [0.15, 0.2) is 0 Å². The summed E-state index contributed by atoms with van der Waals surface area (Å²) in [6.45, 7) is 4.48. The van der Waals surface area contributed by atoms with Crippen molar-refractivity contribution in [3.63, 3.8) is 0 Å². The second-order valence-electron chi connectivity index (χ2n) is 7.52. The lowest BCUT2D eigenvalue weighted by molar-refractivity contribution is -0.129. The van der Waals surface area contributed by atoms with E-state index in [-0.39, 0.29) is 12.0 Å². The Balaban J connectivity index is 1.87. The number of nitrogens with zero attached hydrogens (tertiary/aromatic N) is 1. The zero-order valence-corrected chi connectivity index (χ0v) is 17.8. The molecule has 0 aliphatic carbocycles. The number of hydroxylamine groups is 1. The van der Waals surface area contributed by atoms with E-state index >= 15 is 0 Å².